The molecule has 0 aromatic heterocycles. The maximum absolute atomic E-state index is 12.2. The third kappa shape index (κ3) is 6.47. The van der Waals surface area contributed by atoms with E-state index in [0.29, 0.717) is 5.69 Å². The highest BCUT2D eigenvalue weighted by atomic mass is 35.6. The summed E-state index contributed by atoms with van der Waals surface area (Å²) in [7, 11) is 1.27. The van der Waals surface area contributed by atoms with Gasteiger partial charge >= 0.3 is 5.97 Å². The van der Waals surface area contributed by atoms with Crippen molar-refractivity contribution in [2.75, 3.05) is 12.4 Å². The molecule has 2 aromatic rings. The van der Waals surface area contributed by atoms with Gasteiger partial charge in [-0.25, -0.2) is 4.79 Å². The molecule has 0 bridgehead atoms. The molecule has 0 radical (unpaired) electrons. The zero-order valence-corrected chi connectivity index (χ0v) is 16.6. The van der Waals surface area contributed by atoms with Gasteiger partial charge in [0.25, 0.3) is 0 Å². The minimum Gasteiger partial charge on any atom is -0.465 e. The van der Waals surface area contributed by atoms with Crippen molar-refractivity contribution in [2.45, 2.75) is 9.96 Å². The number of halogens is 3. The molecule has 5 nitrogen and oxygen atoms in total. The summed E-state index contributed by atoms with van der Waals surface area (Å²) < 4.78 is 2.86. The van der Waals surface area contributed by atoms with Crippen molar-refractivity contribution in [2.24, 2.45) is 0 Å². The Morgan fingerprint density at radius 1 is 1.04 bits per heavy atom. The van der Waals surface area contributed by atoms with Crippen molar-refractivity contribution >= 4 is 58.4 Å². The number of alkyl halides is 3. The fourth-order valence-corrected chi connectivity index (χ4v) is 2.51. The van der Waals surface area contributed by atoms with Crippen LogP contribution in [0.3, 0.4) is 0 Å². The van der Waals surface area contributed by atoms with Gasteiger partial charge in [0.1, 0.15) is 6.17 Å². The summed E-state index contributed by atoms with van der Waals surface area (Å²) in [4.78, 5) is 24.1. The van der Waals surface area contributed by atoms with E-state index in [1.54, 1.807) is 30.3 Å². The zero-order chi connectivity index (χ0) is 19.9. The number of ether oxygens (including phenoxy) is 1. The van der Waals surface area contributed by atoms with Gasteiger partial charge in [0.15, 0.2) is 0 Å². The van der Waals surface area contributed by atoms with Gasteiger partial charge in [-0.2, -0.15) is 0 Å². The number of para-hydroxylation sites is 1. The van der Waals surface area contributed by atoms with Gasteiger partial charge in [0, 0.05) is 6.08 Å². The van der Waals surface area contributed by atoms with Crippen LogP contribution in [0.5, 0.6) is 0 Å². The number of esters is 1. The van der Waals surface area contributed by atoms with Crippen LogP contribution in [0.25, 0.3) is 6.08 Å². The van der Waals surface area contributed by atoms with Crippen molar-refractivity contribution in [3.8, 4) is 0 Å². The maximum atomic E-state index is 12.2. The number of rotatable bonds is 6. The predicted octanol–water partition coefficient (Wildman–Crippen LogP) is 4.41. The molecule has 1 amide bonds. The molecule has 142 valence electrons. The van der Waals surface area contributed by atoms with Gasteiger partial charge in [-0.05, 0) is 23.8 Å². The van der Waals surface area contributed by atoms with Crippen molar-refractivity contribution in [3.63, 3.8) is 0 Å². The molecule has 0 aliphatic heterocycles. The van der Waals surface area contributed by atoms with Gasteiger partial charge in [0.05, 0.1) is 18.4 Å². The Labute approximate surface area is 172 Å². The van der Waals surface area contributed by atoms with Crippen molar-refractivity contribution in [1.29, 1.82) is 0 Å². The van der Waals surface area contributed by atoms with E-state index >= 15 is 0 Å². The Kier molecular flexibility index (Phi) is 7.54. The number of hydrogen-bond donors (Lipinski definition) is 2. The molecule has 0 saturated heterocycles. The maximum Gasteiger partial charge on any atom is 0.339 e. The number of carbonyl (C=O) groups is 2. The molecule has 27 heavy (non-hydrogen) atoms. The molecular formula is C19H17Cl3N2O3. The Bertz CT molecular complexity index is 820. The Balaban J connectivity index is 2.16. The highest BCUT2D eigenvalue weighted by Crippen LogP contribution is 2.32. The van der Waals surface area contributed by atoms with Crippen LogP contribution in [0.4, 0.5) is 5.69 Å². The molecule has 2 aromatic carbocycles. The van der Waals surface area contributed by atoms with Crippen LogP contribution >= 0.6 is 34.8 Å². The largest absolute Gasteiger partial charge is 0.465 e. The first-order valence-corrected chi connectivity index (χ1v) is 8.99. The lowest BCUT2D eigenvalue weighted by molar-refractivity contribution is -0.116. The Hall–Kier alpha value is -2.21. The molecule has 1 atom stereocenters. The van der Waals surface area contributed by atoms with Crippen LogP contribution < -0.4 is 10.6 Å². The quantitative estimate of drug-likeness (QED) is 0.310. The van der Waals surface area contributed by atoms with Gasteiger partial charge in [-0.15, -0.1) is 0 Å². The number of amides is 1. The van der Waals surface area contributed by atoms with Crippen LogP contribution in [-0.2, 0) is 9.53 Å². The van der Waals surface area contributed by atoms with Crippen LogP contribution in [0.2, 0.25) is 0 Å². The Morgan fingerprint density at radius 2 is 1.67 bits per heavy atom. The molecule has 0 heterocycles. The fraction of sp³-hybridized carbons (Fsp3) is 0.158. The minimum absolute atomic E-state index is 0.244. The average Bonchev–Trinajstić information content (AvgIpc) is 2.65. The minimum atomic E-state index is -1.88. The van der Waals surface area contributed by atoms with Crippen molar-refractivity contribution < 1.29 is 14.3 Å². The number of nitrogens with one attached hydrogen (secondary N) is 2. The van der Waals surface area contributed by atoms with Crippen molar-refractivity contribution in [3.05, 3.63) is 71.8 Å². The monoisotopic (exact) mass is 426 g/mol. The normalized spacial score (nSPS) is 12.4. The first kappa shape index (κ1) is 21.1. The molecule has 8 heteroatoms. The molecule has 0 spiro atoms. The van der Waals surface area contributed by atoms with Crippen LogP contribution in [0.15, 0.2) is 60.7 Å². The molecule has 0 unspecified atom stereocenters. The smallest absolute Gasteiger partial charge is 0.339 e. The number of carbonyl (C=O) groups excluding carboxylic acids is 2. The molecular weight excluding hydrogens is 411 g/mol. The summed E-state index contributed by atoms with van der Waals surface area (Å²) in [6, 6.07) is 15.8. The molecule has 0 aliphatic rings. The van der Waals surface area contributed by atoms with E-state index in [1.807, 2.05) is 30.3 Å². The third-order valence-corrected chi connectivity index (χ3v) is 4.13. The third-order valence-electron chi connectivity index (χ3n) is 3.47. The average molecular weight is 428 g/mol. The molecule has 0 aliphatic carbocycles. The summed E-state index contributed by atoms with van der Waals surface area (Å²) >= 11 is 18.0. The van der Waals surface area contributed by atoms with Gasteiger partial charge in [0.2, 0.25) is 9.70 Å². The SMILES string of the molecule is COC(=O)c1ccccc1N[C@H](NC(=O)/C=C/c1ccccc1)C(Cl)(Cl)Cl. The molecule has 2 rings (SSSR count). The second-order valence-electron chi connectivity index (χ2n) is 5.41. The van der Waals surface area contributed by atoms with E-state index < -0.39 is 21.8 Å². The topological polar surface area (TPSA) is 67.4 Å². The van der Waals surface area contributed by atoms with E-state index in [4.69, 9.17) is 39.5 Å². The lowest BCUT2D eigenvalue weighted by Gasteiger charge is -2.27. The van der Waals surface area contributed by atoms with Gasteiger partial charge in [-0.3, -0.25) is 4.79 Å². The molecule has 0 fully saturated rings. The van der Waals surface area contributed by atoms with Crippen LogP contribution in [0, 0.1) is 0 Å². The van der Waals surface area contributed by atoms with Gasteiger partial charge < -0.3 is 15.4 Å². The summed E-state index contributed by atoms with van der Waals surface area (Å²) in [5.74, 6) is -1.03. The standard InChI is InChI=1S/C19H17Cl3N2O3/c1-27-17(26)14-9-5-6-10-15(14)23-18(19(20,21)22)24-16(25)12-11-13-7-3-2-4-8-13/h2-12,18,23H,1H3,(H,24,25)/b12-11+/t18-/m1/s1. The number of anilines is 1. The summed E-state index contributed by atoms with van der Waals surface area (Å²) in [5, 5.41) is 5.44. The van der Waals surface area contributed by atoms with E-state index in [9.17, 15) is 9.59 Å². The van der Waals surface area contributed by atoms with Crippen LogP contribution in [-0.4, -0.2) is 28.9 Å². The summed E-state index contributed by atoms with van der Waals surface area (Å²) in [6.45, 7) is 0. The highest BCUT2D eigenvalue weighted by molar-refractivity contribution is 6.68. The highest BCUT2D eigenvalue weighted by Gasteiger charge is 2.34. The fourth-order valence-electron chi connectivity index (χ4n) is 2.18. The van der Waals surface area contributed by atoms with E-state index in [0.717, 1.165) is 5.56 Å². The van der Waals surface area contributed by atoms with Gasteiger partial charge in [-0.1, -0.05) is 77.3 Å². The Morgan fingerprint density at radius 3 is 2.30 bits per heavy atom. The van der Waals surface area contributed by atoms with E-state index in [2.05, 4.69) is 10.6 Å². The zero-order valence-electron chi connectivity index (χ0n) is 14.3. The second kappa shape index (κ2) is 9.65. The second-order valence-corrected chi connectivity index (χ2v) is 7.78. The first-order chi connectivity index (χ1) is 12.8. The van der Waals surface area contributed by atoms with E-state index in [1.165, 1.54) is 13.2 Å². The lowest BCUT2D eigenvalue weighted by atomic mass is 10.1. The van der Waals surface area contributed by atoms with E-state index in [-0.39, 0.29) is 5.56 Å². The predicted molar refractivity (Wildman–Crippen MR) is 109 cm³/mol. The lowest BCUT2D eigenvalue weighted by Crippen LogP contribution is -2.48. The summed E-state index contributed by atoms with van der Waals surface area (Å²) in [5.41, 5.74) is 1.45. The molecule has 0 saturated carbocycles. The number of hydrogen-bond acceptors (Lipinski definition) is 4. The van der Waals surface area contributed by atoms with Crippen molar-refractivity contribution in [1.82, 2.24) is 5.32 Å². The van der Waals surface area contributed by atoms with Crippen LogP contribution in [0.1, 0.15) is 15.9 Å². The molecule has 2 N–H and O–H groups in total. The first-order valence-electron chi connectivity index (χ1n) is 7.85. The number of benzene rings is 2. The number of methoxy groups -OCH3 is 1. The summed E-state index contributed by atoms with van der Waals surface area (Å²) in [6.07, 6.45) is 1.86.